The molecule has 0 aliphatic carbocycles. The number of nitrogens with zero attached hydrogens (tertiary/aromatic N) is 1. The van der Waals surface area contributed by atoms with E-state index in [0.29, 0.717) is 17.5 Å². The summed E-state index contributed by atoms with van der Waals surface area (Å²) in [6, 6.07) is 11.1. The Balaban J connectivity index is 2.00. The molecule has 0 unspecified atom stereocenters. The molecule has 0 fully saturated rings. The summed E-state index contributed by atoms with van der Waals surface area (Å²) in [5, 5.41) is 9.28. The minimum absolute atomic E-state index is 0.0512. The van der Waals surface area contributed by atoms with Crippen LogP contribution in [0.15, 0.2) is 42.6 Å². The molecule has 17 heavy (non-hydrogen) atoms. The van der Waals surface area contributed by atoms with Crippen molar-refractivity contribution in [2.24, 2.45) is 0 Å². The highest BCUT2D eigenvalue weighted by Crippen LogP contribution is 2.21. The van der Waals surface area contributed by atoms with Gasteiger partial charge in [-0.25, -0.2) is 4.98 Å². The number of hydrogen-bond donors (Lipinski definition) is 1. The van der Waals surface area contributed by atoms with Gasteiger partial charge in [0.2, 0.25) is 0 Å². The number of aromatic nitrogens is 1. The molecule has 1 aromatic heterocycles. The van der Waals surface area contributed by atoms with E-state index >= 15 is 0 Å². The summed E-state index contributed by atoms with van der Waals surface area (Å²) in [7, 11) is 0. The van der Waals surface area contributed by atoms with Crippen LogP contribution >= 0.6 is 11.6 Å². The normalized spacial score (nSPS) is 10.2. The molecule has 88 valence electrons. The molecule has 1 aromatic carbocycles. The van der Waals surface area contributed by atoms with E-state index in [0.717, 1.165) is 11.1 Å². The molecule has 1 N–H and O–H groups in total. The highest BCUT2D eigenvalue weighted by Gasteiger charge is 2.01. The third-order valence-electron chi connectivity index (χ3n) is 2.32. The summed E-state index contributed by atoms with van der Waals surface area (Å²) in [5.41, 5.74) is 1.90. The van der Waals surface area contributed by atoms with Crippen molar-refractivity contribution >= 4 is 11.6 Å². The Bertz CT molecular complexity index is 485. The number of hydrogen-bond acceptors (Lipinski definition) is 3. The molecule has 0 saturated carbocycles. The number of ether oxygens (including phenoxy) is 1. The Morgan fingerprint density at radius 2 is 1.82 bits per heavy atom. The van der Waals surface area contributed by atoms with Crippen molar-refractivity contribution < 1.29 is 9.84 Å². The molecule has 2 aromatic rings. The average Bonchev–Trinajstić information content (AvgIpc) is 2.38. The van der Waals surface area contributed by atoms with Crippen LogP contribution in [0.3, 0.4) is 0 Å². The Morgan fingerprint density at radius 1 is 1.12 bits per heavy atom. The van der Waals surface area contributed by atoms with Crippen molar-refractivity contribution in [1.82, 2.24) is 4.98 Å². The van der Waals surface area contributed by atoms with Crippen LogP contribution in [0, 0.1) is 0 Å². The van der Waals surface area contributed by atoms with E-state index in [4.69, 9.17) is 21.4 Å². The second-order valence-corrected chi connectivity index (χ2v) is 3.91. The van der Waals surface area contributed by atoms with Gasteiger partial charge in [0.1, 0.15) is 6.61 Å². The van der Waals surface area contributed by atoms with Crippen molar-refractivity contribution in [3.8, 4) is 5.75 Å². The highest BCUT2D eigenvalue weighted by atomic mass is 35.5. The molecule has 0 aliphatic rings. The maximum Gasteiger partial charge on any atom is 0.171 e. The van der Waals surface area contributed by atoms with Gasteiger partial charge in [0, 0.05) is 6.20 Å². The molecule has 2 rings (SSSR count). The van der Waals surface area contributed by atoms with Crippen LogP contribution < -0.4 is 4.74 Å². The zero-order valence-corrected chi connectivity index (χ0v) is 9.89. The molecule has 0 amide bonds. The quantitative estimate of drug-likeness (QED) is 0.848. The lowest BCUT2D eigenvalue weighted by molar-refractivity contribution is 0.281. The number of pyridine rings is 1. The number of aliphatic hydroxyl groups excluding tert-OH is 1. The number of aliphatic hydroxyl groups is 1. The second kappa shape index (κ2) is 5.66. The first-order valence-electron chi connectivity index (χ1n) is 5.21. The fourth-order valence-electron chi connectivity index (χ4n) is 1.38. The van der Waals surface area contributed by atoms with Crippen molar-refractivity contribution in [1.29, 1.82) is 0 Å². The van der Waals surface area contributed by atoms with Gasteiger partial charge in [-0.2, -0.15) is 0 Å². The first-order chi connectivity index (χ1) is 8.29. The maximum atomic E-state index is 8.92. The van der Waals surface area contributed by atoms with Gasteiger partial charge < -0.3 is 9.84 Å². The summed E-state index contributed by atoms with van der Waals surface area (Å²) in [5.74, 6) is 0.570. The lowest BCUT2D eigenvalue weighted by Crippen LogP contribution is -1.96. The summed E-state index contributed by atoms with van der Waals surface area (Å²) in [4.78, 5) is 3.93. The fraction of sp³-hybridized carbons (Fsp3) is 0.154. The van der Waals surface area contributed by atoms with Crippen molar-refractivity contribution in [3.05, 3.63) is 58.9 Å². The lowest BCUT2D eigenvalue weighted by Gasteiger charge is -2.07. The largest absolute Gasteiger partial charge is 0.486 e. The molecule has 3 nitrogen and oxygen atoms in total. The molecular formula is C13H12ClNO2. The van der Waals surface area contributed by atoms with Crippen LogP contribution in [0.4, 0.5) is 0 Å². The Hall–Kier alpha value is -1.58. The topological polar surface area (TPSA) is 42.4 Å². The molecule has 0 saturated heterocycles. The van der Waals surface area contributed by atoms with Crippen LogP contribution in [0.25, 0.3) is 0 Å². The van der Waals surface area contributed by atoms with Crippen molar-refractivity contribution in [2.45, 2.75) is 13.2 Å². The van der Waals surface area contributed by atoms with Crippen molar-refractivity contribution in [3.63, 3.8) is 0 Å². The predicted molar refractivity (Wildman–Crippen MR) is 65.9 cm³/mol. The third-order valence-corrected chi connectivity index (χ3v) is 2.61. The summed E-state index contributed by atoms with van der Waals surface area (Å²) >= 11 is 5.87. The van der Waals surface area contributed by atoms with E-state index in [1.807, 2.05) is 24.3 Å². The molecule has 0 aliphatic heterocycles. The smallest absolute Gasteiger partial charge is 0.171 e. The minimum atomic E-state index is 0.0512. The second-order valence-electron chi connectivity index (χ2n) is 3.56. The lowest BCUT2D eigenvalue weighted by atomic mass is 10.1. The average molecular weight is 250 g/mol. The standard InChI is InChI=1S/C13H12ClNO2/c14-13-12(2-1-7-15-13)17-9-11-5-3-10(8-16)4-6-11/h1-7,16H,8-9H2. The Kier molecular flexibility index (Phi) is 3.96. The van der Waals surface area contributed by atoms with E-state index in [-0.39, 0.29) is 6.61 Å². The van der Waals surface area contributed by atoms with Crippen LogP contribution in [-0.4, -0.2) is 10.1 Å². The predicted octanol–water partition coefficient (Wildman–Crippen LogP) is 2.81. The van der Waals surface area contributed by atoms with E-state index < -0.39 is 0 Å². The first-order valence-corrected chi connectivity index (χ1v) is 5.59. The van der Waals surface area contributed by atoms with Gasteiger partial charge in [0.05, 0.1) is 6.61 Å². The summed E-state index contributed by atoms with van der Waals surface area (Å²) < 4.78 is 5.54. The zero-order chi connectivity index (χ0) is 12.1. The fourth-order valence-corrected chi connectivity index (χ4v) is 1.55. The molecule has 0 spiro atoms. The van der Waals surface area contributed by atoms with Crippen LogP contribution in [0.1, 0.15) is 11.1 Å². The summed E-state index contributed by atoms with van der Waals surface area (Å²) in [6.45, 7) is 0.479. The molecule has 4 heteroatoms. The molecule has 1 heterocycles. The van der Waals surface area contributed by atoms with E-state index in [1.165, 1.54) is 0 Å². The van der Waals surface area contributed by atoms with E-state index in [9.17, 15) is 0 Å². The SMILES string of the molecule is OCc1ccc(COc2cccnc2Cl)cc1. The van der Waals surface area contributed by atoms with Gasteiger partial charge in [-0.05, 0) is 23.3 Å². The number of halogens is 1. The Morgan fingerprint density at radius 3 is 2.47 bits per heavy atom. The highest BCUT2D eigenvalue weighted by molar-refractivity contribution is 6.30. The van der Waals surface area contributed by atoms with Crippen LogP contribution in [0.5, 0.6) is 5.75 Å². The number of benzene rings is 1. The summed E-state index contributed by atoms with van der Waals surface area (Å²) in [6.07, 6.45) is 1.62. The molecular weight excluding hydrogens is 238 g/mol. The monoisotopic (exact) mass is 249 g/mol. The molecule has 0 radical (unpaired) electrons. The first kappa shape index (κ1) is 11.9. The van der Waals surface area contributed by atoms with Gasteiger partial charge >= 0.3 is 0 Å². The van der Waals surface area contributed by atoms with E-state index in [2.05, 4.69) is 4.98 Å². The molecule has 0 bridgehead atoms. The third kappa shape index (κ3) is 3.19. The van der Waals surface area contributed by atoms with Crippen LogP contribution in [-0.2, 0) is 13.2 Å². The van der Waals surface area contributed by atoms with Gasteiger partial charge in [0.15, 0.2) is 10.9 Å². The number of rotatable bonds is 4. The van der Waals surface area contributed by atoms with Gasteiger partial charge in [0.25, 0.3) is 0 Å². The van der Waals surface area contributed by atoms with Crippen LogP contribution in [0.2, 0.25) is 5.15 Å². The van der Waals surface area contributed by atoms with Gasteiger partial charge in [-0.1, -0.05) is 35.9 Å². The molecule has 0 atom stereocenters. The van der Waals surface area contributed by atoms with Gasteiger partial charge in [-0.3, -0.25) is 0 Å². The van der Waals surface area contributed by atoms with E-state index in [1.54, 1.807) is 18.3 Å². The Labute approximate surface area is 105 Å². The zero-order valence-electron chi connectivity index (χ0n) is 9.14. The van der Waals surface area contributed by atoms with Gasteiger partial charge in [-0.15, -0.1) is 0 Å². The minimum Gasteiger partial charge on any atom is -0.486 e. The van der Waals surface area contributed by atoms with Crippen molar-refractivity contribution in [2.75, 3.05) is 0 Å². The maximum absolute atomic E-state index is 8.92.